The Balaban J connectivity index is 1.56. The van der Waals surface area contributed by atoms with Crippen molar-refractivity contribution in [1.29, 1.82) is 0 Å². The van der Waals surface area contributed by atoms with Gasteiger partial charge < -0.3 is 10.6 Å². The first-order valence-electron chi connectivity index (χ1n) is 7.23. The fraction of sp³-hybridized carbons (Fsp3) is 0.235. The molecule has 2 N–H and O–H groups in total. The van der Waals surface area contributed by atoms with Crippen molar-refractivity contribution < 1.29 is 0 Å². The van der Waals surface area contributed by atoms with Gasteiger partial charge in [0, 0.05) is 23.7 Å². The minimum atomic E-state index is 0.563. The summed E-state index contributed by atoms with van der Waals surface area (Å²) in [7, 11) is 0. The van der Waals surface area contributed by atoms with Crippen molar-refractivity contribution in [2.24, 2.45) is 0 Å². The van der Waals surface area contributed by atoms with Crippen molar-refractivity contribution in [2.75, 3.05) is 16.8 Å². The predicted molar refractivity (Wildman–Crippen MR) is 104 cm³/mol. The Kier molecular flexibility index (Phi) is 5.64. The number of anilines is 1. The van der Waals surface area contributed by atoms with Gasteiger partial charge in [0.25, 0.3) is 0 Å². The van der Waals surface area contributed by atoms with Crippen LogP contribution in [-0.4, -0.2) is 16.6 Å². The van der Waals surface area contributed by atoms with Gasteiger partial charge in [-0.15, -0.1) is 23.5 Å². The summed E-state index contributed by atoms with van der Waals surface area (Å²) in [5.74, 6) is 2.48. The first-order valence-corrected chi connectivity index (χ1v) is 9.74. The molecule has 1 saturated heterocycles. The van der Waals surface area contributed by atoms with Gasteiger partial charge in [-0.2, -0.15) is 0 Å². The van der Waals surface area contributed by atoms with Gasteiger partial charge in [-0.3, -0.25) is 0 Å². The standard InChI is InChI=1S/C17H18N2S3/c20-17(18-12-13-5-2-1-3-6-13)19-15-8-4-7-14(11-15)16-21-9-10-22-16/h1-8,11,16H,9-10,12H2,(H2,18,19,20). The molecule has 3 rings (SSSR count). The highest BCUT2D eigenvalue weighted by Gasteiger charge is 2.18. The molecule has 5 heteroatoms. The summed E-state index contributed by atoms with van der Waals surface area (Å²) in [5.41, 5.74) is 3.64. The molecule has 114 valence electrons. The summed E-state index contributed by atoms with van der Waals surface area (Å²) in [6.45, 7) is 0.737. The molecule has 1 fully saturated rings. The first kappa shape index (κ1) is 15.7. The molecule has 0 aliphatic carbocycles. The molecule has 0 bridgehead atoms. The average molecular weight is 347 g/mol. The van der Waals surface area contributed by atoms with Gasteiger partial charge in [-0.25, -0.2) is 0 Å². The second-order valence-electron chi connectivity index (χ2n) is 4.99. The number of hydrogen-bond donors (Lipinski definition) is 2. The van der Waals surface area contributed by atoms with E-state index in [-0.39, 0.29) is 0 Å². The summed E-state index contributed by atoms with van der Waals surface area (Å²) >= 11 is 9.42. The molecule has 2 aromatic carbocycles. The number of benzene rings is 2. The van der Waals surface area contributed by atoms with Crippen molar-refractivity contribution in [2.45, 2.75) is 11.1 Å². The highest BCUT2D eigenvalue weighted by atomic mass is 32.2. The van der Waals surface area contributed by atoms with Crippen LogP contribution in [0.15, 0.2) is 54.6 Å². The predicted octanol–water partition coefficient (Wildman–Crippen LogP) is 4.65. The second kappa shape index (κ2) is 7.90. The molecule has 0 spiro atoms. The molecule has 2 aromatic rings. The number of thiocarbonyl (C=S) groups is 1. The maximum Gasteiger partial charge on any atom is 0.171 e. The van der Waals surface area contributed by atoms with E-state index in [1.165, 1.54) is 22.6 Å². The molecule has 1 heterocycles. The summed E-state index contributed by atoms with van der Waals surface area (Å²) in [4.78, 5) is 0. The maximum atomic E-state index is 5.38. The highest BCUT2D eigenvalue weighted by Crippen LogP contribution is 2.45. The summed E-state index contributed by atoms with van der Waals surface area (Å²) < 4.78 is 0.563. The minimum absolute atomic E-state index is 0.563. The number of thioether (sulfide) groups is 2. The van der Waals surface area contributed by atoms with E-state index in [1.807, 2.05) is 41.7 Å². The van der Waals surface area contributed by atoms with E-state index >= 15 is 0 Å². The topological polar surface area (TPSA) is 24.1 Å². The van der Waals surface area contributed by atoms with Crippen LogP contribution in [0.25, 0.3) is 0 Å². The lowest BCUT2D eigenvalue weighted by Crippen LogP contribution is -2.27. The minimum Gasteiger partial charge on any atom is -0.358 e. The van der Waals surface area contributed by atoms with Crippen LogP contribution in [0.5, 0.6) is 0 Å². The molecule has 0 saturated carbocycles. The summed E-state index contributed by atoms with van der Waals surface area (Å²) in [6.07, 6.45) is 0. The normalized spacial score (nSPS) is 14.7. The van der Waals surface area contributed by atoms with Crippen LogP contribution in [0.3, 0.4) is 0 Å². The number of rotatable bonds is 4. The van der Waals surface area contributed by atoms with E-state index in [4.69, 9.17) is 12.2 Å². The molecular formula is C17H18N2S3. The number of nitrogens with one attached hydrogen (secondary N) is 2. The van der Waals surface area contributed by atoms with Crippen LogP contribution in [0.1, 0.15) is 15.7 Å². The largest absolute Gasteiger partial charge is 0.358 e. The lowest BCUT2D eigenvalue weighted by molar-refractivity contribution is 0.926. The van der Waals surface area contributed by atoms with Crippen molar-refractivity contribution in [3.8, 4) is 0 Å². The Bertz CT molecular complexity index is 625. The third-order valence-corrected chi connectivity index (χ3v) is 6.69. The molecular weight excluding hydrogens is 328 g/mol. The molecule has 0 radical (unpaired) electrons. The first-order chi connectivity index (χ1) is 10.8. The van der Waals surface area contributed by atoms with Gasteiger partial charge in [-0.1, -0.05) is 42.5 Å². The highest BCUT2D eigenvalue weighted by molar-refractivity contribution is 8.19. The Labute approximate surface area is 145 Å². The number of hydrogen-bond acceptors (Lipinski definition) is 3. The fourth-order valence-corrected chi connectivity index (χ4v) is 5.30. The zero-order valence-corrected chi connectivity index (χ0v) is 14.6. The van der Waals surface area contributed by atoms with E-state index in [0.29, 0.717) is 9.69 Å². The van der Waals surface area contributed by atoms with Gasteiger partial charge in [0.1, 0.15) is 0 Å². The van der Waals surface area contributed by atoms with Crippen LogP contribution in [-0.2, 0) is 6.54 Å². The zero-order valence-electron chi connectivity index (χ0n) is 12.1. The molecule has 1 aliphatic rings. The third-order valence-electron chi connectivity index (χ3n) is 3.33. The summed E-state index contributed by atoms with van der Waals surface area (Å²) in [6, 6.07) is 18.8. The van der Waals surface area contributed by atoms with Gasteiger partial charge in [0.05, 0.1) is 4.58 Å². The molecule has 22 heavy (non-hydrogen) atoms. The molecule has 0 amide bonds. The van der Waals surface area contributed by atoms with Crippen LogP contribution in [0.4, 0.5) is 5.69 Å². The smallest absolute Gasteiger partial charge is 0.171 e. The Morgan fingerprint density at radius 2 is 1.82 bits per heavy atom. The van der Waals surface area contributed by atoms with Gasteiger partial charge >= 0.3 is 0 Å². The SMILES string of the molecule is S=C(NCc1ccccc1)Nc1cccc(C2SCCS2)c1. The Morgan fingerprint density at radius 3 is 2.59 bits per heavy atom. The Morgan fingerprint density at radius 1 is 1.05 bits per heavy atom. The molecule has 0 unspecified atom stereocenters. The monoisotopic (exact) mass is 346 g/mol. The van der Waals surface area contributed by atoms with Crippen molar-refractivity contribution in [1.82, 2.24) is 5.32 Å². The second-order valence-corrected chi connectivity index (χ2v) is 8.12. The molecule has 2 nitrogen and oxygen atoms in total. The van der Waals surface area contributed by atoms with Crippen molar-refractivity contribution in [3.63, 3.8) is 0 Å². The van der Waals surface area contributed by atoms with Crippen LogP contribution >= 0.6 is 35.7 Å². The van der Waals surface area contributed by atoms with Gasteiger partial charge in [-0.05, 0) is 35.5 Å². The molecule has 0 aromatic heterocycles. The van der Waals surface area contributed by atoms with E-state index in [9.17, 15) is 0 Å². The Hall–Kier alpha value is -1.17. The van der Waals surface area contributed by atoms with E-state index in [2.05, 4.69) is 47.0 Å². The van der Waals surface area contributed by atoms with E-state index in [0.717, 1.165) is 12.2 Å². The van der Waals surface area contributed by atoms with Crippen LogP contribution in [0.2, 0.25) is 0 Å². The third kappa shape index (κ3) is 4.41. The van der Waals surface area contributed by atoms with Gasteiger partial charge in [0.15, 0.2) is 5.11 Å². The quantitative estimate of drug-likeness (QED) is 0.785. The summed E-state index contributed by atoms with van der Waals surface area (Å²) in [5, 5.41) is 7.18. The molecule has 0 atom stereocenters. The maximum absolute atomic E-state index is 5.38. The van der Waals surface area contributed by atoms with Crippen molar-refractivity contribution >= 4 is 46.5 Å². The lowest BCUT2D eigenvalue weighted by Gasteiger charge is -2.13. The average Bonchev–Trinajstić information content (AvgIpc) is 3.09. The lowest BCUT2D eigenvalue weighted by atomic mass is 10.2. The van der Waals surface area contributed by atoms with Crippen LogP contribution < -0.4 is 10.6 Å². The van der Waals surface area contributed by atoms with Gasteiger partial charge in [0.2, 0.25) is 0 Å². The van der Waals surface area contributed by atoms with Crippen LogP contribution in [0, 0.1) is 0 Å². The van der Waals surface area contributed by atoms with E-state index < -0.39 is 0 Å². The fourth-order valence-electron chi connectivity index (χ4n) is 2.27. The molecule has 1 aliphatic heterocycles. The van der Waals surface area contributed by atoms with Crippen molar-refractivity contribution in [3.05, 3.63) is 65.7 Å². The van der Waals surface area contributed by atoms with E-state index in [1.54, 1.807) is 0 Å². The zero-order chi connectivity index (χ0) is 15.2.